The van der Waals surface area contributed by atoms with Gasteiger partial charge in [-0.3, -0.25) is 10.1 Å². The Morgan fingerprint density at radius 3 is 2.58 bits per heavy atom. The molecule has 0 atom stereocenters. The van der Waals surface area contributed by atoms with Gasteiger partial charge in [0.2, 0.25) is 15.0 Å². The van der Waals surface area contributed by atoms with Crippen molar-refractivity contribution in [3.8, 4) is 23.3 Å². The molecule has 0 aliphatic rings. The van der Waals surface area contributed by atoms with Crippen LogP contribution >= 0.6 is 11.5 Å². The summed E-state index contributed by atoms with van der Waals surface area (Å²) in [6.45, 7) is 2.37. The Kier molecular flexibility index (Phi) is 9.38. The Bertz CT molecular complexity index is 1360. The number of rotatable bonds is 12. The molecule has 0 spiro atoms. The number of sulfone groups is 1. The minimum atomic E-state index is -3.60. The van der Waals surface area contributed by atoms with Crippen molar-refractivity contribution >= 4 is 38.5 Å². The number of para-hydroxylation sites is 1. The number of methoxy groups -OCH3 is 1. The lowest BCUT2D eigenvalue weighted by Crippen LogP contribution is -2.13. The van der Waals surface area contributed by atoms with Crippen molar-refractivity contribution in [1.29, 1.82) is 5.26 Å². The van der Waals surface area contributed by atoms with Crippen LogP contribution in [0.2, 0.25) is 0 Å². The number of benzene rings is 2. The highest BCUT2D eigenvalue weighted by Crippen LogP contribution is 2.29. The van der Waals surface area contributed by atoms with E-state index in [9.17, 15) is 18.5 Å². The van der Waals surface area contributed by atoms with Crippen LogP contribution in [0.4, 0.5) is 5.13 Å². The second kappa shape index (κ2) is 12.7. The maximum atomic E-state index is 12.5. The number of amides is 1. The standard InChI is InChI=1S/C24H24N4O6S2/c1-3-36(30,31)24-27-23(35-28-24)26-22(29)18(16-25)14-17-10-11-20(21(15-17)32-2)34-13-7-12-33-19-8-5-4-6-9-19/h4-6,8-11,14-15H,3,7,12-13H2,1-2H3,(H,26,27,28,29). The summed E-state index contributed by atoms with van der Waals surface area (Å²) in [7, 11) is -2.11. The highest BCUT2D eigenvalue weighted by atomic mass is 32.2. The van der Waals surface area contributed by atoms with Gasteiger partial charge >= 0.3 is 0 Å². The number of carbonyl (C=O) groups is 1. The fourth-order valence-electron chi connectivity index (χ4n) is 2.84. The van der Waals surface area contributed by atoms with Gasteiger partial charge in [-0.15, -0.1) is 0 Å². The molecule has 36 heavy (non-hydrogen) atoms. The van der Waals surface area contributed by atoms with E-state index < -0.39 is 15.7 Å². The van der Waals surface area contributed by atoms with Gasteiger partial charge in [0.1, 0.15) is 17.4 Å². The molecule has 188 valence electrons. The molecule has 0 aliphatic heterocycles. The van der Waals surface area contributed by atoms with E-state index in [-0.39, 0.29) is 21.6 Å². The third-order valence-electron chi connectivity index (χ3n) is 4.71. The van der Waals surface area contributed by atoms with Gasteiger partial charge < -0.3 is 14.2 Å². The number of anilines is 1. The van der Waals surface area contributed by atoms with Gasteiger partial charge in [-0.1, -0.05) is 31.2 Å². The van der Waals surface area contributed by atoms with E-state index in [1.165, 1.54) is 20.1 Å². The van der Waals surface area contributed by atoms with Gasteiger partial charge in [0.05, 0.1) is 26.1 Å². The molecule has 2 aromatic carbocycles. The number of nitriles is 1. The van der Waals surface area contributed by atoms with Gasteiger partial charge in [-0.25, -0.2) is 8.42 Å². The fraction of sp³-hybridized carbons (Fsp3) is 0.250. The van der Waals surface area contributed by atoms with Crippen LogP contribution in [-0.4, -0.2) is 49.8 Å². The molecule has 1 aromatic heterocycles. The summed E-state index contributed by atoms with van der Waals surface area (Å²) in [6, 6.07) is 16.3. The average Bonchev–Trinajstić information content (AvgIpc) is 3.37. The molecule has 0 saturated carbocycles. The number of ether oxygens (including phenoxy) is 3. The van der Waals surface area contributed by atoms with Crippen molar-refractivity contribution in [2.75, 3.05) is 31.4 Å². The molecule has 1 heterocycles. The largest absolute Gasteiger partial charge is 0.493 e. The van der Waals surface area contributed by atoms with Crippen molar-refractivity contribution < 1.29 is 27.4 Å². The molecule has 3 aromatic rings. The summed E-state index contributed by atoms with van der Waals surface area (Å²) in [4.78, 5) is 16.3. The van der Waals surface area contributed by atoms with Crippen LogP contribution in [0.25, 0.3) is 6.08 Å². The smallest absolute Gasteiger partial charge is 0.268 e. The summed E-state index contributed by atoms with van der Waals surface area (Å²) in [6.07, 6.45) is 2.03. The highest BCUT2D eigenvalue weighted by Gasteiger charge is 2.20. The molecule has 0 radical (unpaired) electrons. The van der Waals surface area contributed by atoms with E-state index in [4.69, 9.17) is 14.2 Å². The SMILES string of the molecule is CCS(=O)(=O)c1nsc(NC(=O)C(C#N)=Cc2ccc(OCCCOc3ccccc3)c(OC)c2)n1. The number of carbonyl (C=O) groups excluding carboxylic acids is 1. The Labute approximate surface area is 213 Å². The Balaban J connectivity index is 1.61. The predicted octanol–water partition coefficient (Wildman–Crippen LogP) is 3.73. The van der Waals surface area contributed by atoms with E-state index in [1.807, 2.05) is 36.4 Å². The molecule has 1 amide bonds. The minimum absolute atomic E-state index is 0.0225. The van der Waals surface area contributed by atoms with E-state index in [0.717, 1.165) is 17.3 Å². The van der Waals surface area contributed by atoms with Crippen LogP contribution in [0.1, 0.15) is 18.9 Å². The van der Waals surface area contributed by atoms with Crippen LogP contribution in [-0.2, 0) is 14.6 Å². The van der Waals surface area contributed by atoms with Crippen LogP contribution < -0.4 is 19.5 Å². The summed E-state index contributed by atoms with van der Waals surface area (Å²) >= 11 is 0.718. The zero-order valence-electron chi connectivity index (χ0n) is 19.6. The molecule has 0 saturated heterocycles. The number of hydrogen-bond acceptors (Lipinski definition) is 10. The van der Waals surface area contributed by atoms with Gasteiger partial charge in [0, 0.05) is 18.0 Å². The first kappa shape index (κ1) is 26.7. The van der Waals surface area contributed by atoms with E-state index in [0.29, 0.717) is 36.7 Å². The minimum Gasteiger partial charge on any atom is -0.493 e. The lowest BCUT2D eigenvalue weighted by molar-refractivity contribution is -0.112. The summed E-state index contributed by atoms with van der Waals surface area (Å²) in [5.74, 6) is 0.830. The topological polar surface area (TPSA) is 140 Å². The molecule has 0 unspecified atom stereocenters. The van der Waals surface area contributed by atoms with Gasteiger partial charge in [0.25, 0.3) is 11.1 Å². The molecule has 0 fully saturated rings. The van der Waals surface area contributed by atoms with E-state index >= 15 is 0 Å². The highest BCUT2D eigenvalue weighted by molar-refractivity contribution is 7.91. The molecule has 0 aliphatic carbocycles. The lowest BCUT2D eigenvalue weighted by Gasteiger charge is -2.12. The Hall–Kier alpha value is -3.95. The van der Waals surface area contributed by atoms with Crippen LogP contribution in [0.15, 0.2) is 59.3 Å². The zero-order valence-corrected chi connectivity index (χ0v) is 21.3. The maximum absolute atomic E-state index is 12.5. The molecule has 0 bridgehead atoms. The van der Waals surface area contributed by atoms with Gasteiger partial charge in [0.15, 0.2) is 11.5 Å². The first-order chi connectivity index (χ1) is 17.4. The zero-order chi connectivity index (χ0) is 26.0. The molecular weight excluding hydrogens is 504 g/mol. The van der Waals surface area contributed by atoms with Gasteiger partial charge in [-0.2, -0.15) is 14.6 Å². The average molecular weight is 529 g/mol. The quantitative estimate of drug-likeness (QED) is 0.211. The summed E-state index contributed by atoms with van der Waals surface area (Å²) in [5.41, 5.74) is 0.323. The number of aromatic nitrogens is 2. The van der Waals surface area contributed by atoms with Crippen molar-refractivity contribution in [3.63, 3.8) is 0 Å². The van der Waals surface area contributed by atoms with Crippen molar-refractivity contribution in [1.82, 2.24) is 9.36 Å². The summed E-state index contributed by atoms with van der Waals surface area (Å²) < 4.78 is 44.3. The number of hydrogen-bond donors (Lipinski definition) is 1. The van der Waals surface area contributed by atoms with E-state index in [1.54, 1.807) is 18.2 Å². The van der Waals surface area contributed by atoms with Crippen molar-refractivity contribution in [2.24, 2.45) is 0 Å². The van der Waals surface area contributed by atoms with Crippen LogP contribution in [0.5, 0.6) is 17.2 Å². The second-order valence-electron chi connectivity index (χ2n) is 7.18. The monoisotopic (exact) mass is 528 g/mol. The summed E-state index contributed by atoms with van der Waals surface area (Å²) in [5, 5.41) is 11.5. The maximum Gasteiger partial charge on any atom is 0.268 e. The molecule has 12 heteroatoms. The van der Waals surface area contributed by atoms with Crippen LogP contribution in [0.3, 0.4) is 0 Å². The predicted molar refractivity (Wildman–Crippen MR) is 135 cm³/mol. The first-order valence-corrected chi connectivity index (χ1v) is 13.3. The Morgan fingerprint density at radius 1 is 1.14 bits per heavy atom. The molecule has 3 rings (SSSR count). The molecule has 1 N–H and O–H groups in total. The van der Waals surface area contributed by atoms with Crippen LogP contribution in [0, 0.1) is 11.3 Å². The third kappa shape index (κ3) is 7.27. The van der Waals surface area contributed by atoms with Crippen molar-refractivity contribution in [3.05, 3.63) is 59.7 Å². The molecular formula is C24H24N4O6S2. The number of nitrogens with zero attached hydrogens (tertiary/aromatic N) is 3. The molecule has 10 nitrogen and oxygen atoms in total. The first-order valence-electron chi connectivity index (χ1n) is 10.8. The fourth-order valence-corrected chi connectivity index (χ4v) is 4.42. The second-order valence-corrected chi connectivity index (χ2v) is 10.1. The number of nitrogens with one attached hydrogen (secondary N) is 1. The van der Waals surface area contributed by atoms with Crippen molar-refractivity contribution in [2.45, 2.75) is 18.5 Å². The Morgan fingerprint density at radius 2 is 1.89 bits per heavy atom. The normalized spacial score (nSPS) is 11.4. The van der Waals surface area contributed by atoms with Gasteiger partial charge in [-0.05, 0) is 35.9 Å². The lowest BCUT2D eigenvalue weighted by atomic mass is 10.1. The third-order valence-corrected chi connectivity index (χ3v) is 6.95. The van der Waals surface area contributed by atoms with E-state index in [2.05, 4.69) is 14.7 Å².